The van der Waals surface area contributed by atoms with Crippen molar-refractivity contribution in [2.24, 2.45) is 0 Å². The maximum atomic E-state index is 12.8. The number of nitrogens with zero attached hydrogens (tertiary/aromatic N) is 4. The van der Waals surface area contributed by atoms with E-state index in [2.05, 4.69) is 10.2 Å². The molecule has 8 heteroatoms. The van der Waals surface area contributed by atoms with Crippen LogP contribution in [0.15, 0.2) is 63.9 Å². The summed E-state index contributed by atoms with van der Waals surface area (Å²) in [6.45, 7) is 3.64. The first-order chi connectivity index (χ1) is 13.0. The van der Waals surface area contributed by atoms with Gasteiger partial charge in [0.05, 0.1) is 4.90 Å². The van der Waals surface area contributed by atoms with Crippen molar-refractivity contribution in [2.45, 2.75) is 11.8 Å². The van der Waals surface area contributed by atoms with Crippen molar-refractivity contribution in [2.75, 3.05) is 31.1 Å². The lowest BCUT2D eigenvalue weighted by Gasteiger charge is -2.32. The van der Waals surface area contributed by atoms with E-state index in [1.165, 1.54) is 4.31 Å². The molecule has 1 aromatic heterocycles. The predicted octanol–water partition coefficient (Wildman–Crippen LogP) is 2.56. The molecule has 1 fully saturated rings. The third-order valence-corrected chi connectivity index (χ3v) is 6.47. The van der Waals surface area contributed by atoms with Gasteiger partial charge < -0.3 is 9.32 Å². The van der Waals surface area contributed by atoms with Gasteiger partial charge in [0.1, 0.15) is 0 Å². The van der Waals surface area contributed by atoms with Crippen LogP contribution in [-0.4, -0.2) is 49.1 Å². The first-order valence-electron chi connectivity index (χ1n) is 8.75. The van der Waals surface area contributed by atoms with Crippen molar-refractivity contribution in [3.05, 3.63) is 60.2 Å². The van der Waals surface area contributed by atoms with E-state index in [0.29, 0.717) is 43.0 Å². The summed E-state index contributed by atoms with van der Waals surface area (Å²) in [5.74, 6) is 0.459. The molecule has 0 spiro atoms. The molecule has 0 N–H and O–H groups in total. The van der Waals surface area contributed by atoms with Crippen molar-refractivity contribution in [3.8, 4) is 11.5 Å². The highest BCUT2D eigenvalue weighted by Gasteiger charge is 2.30. The van der Waals surface area contributed by atoms with E-state index < -0.39 is 10.0 Å². The summed E-state index contributed by atoms with van der Waals surface area (Å²) >= 11 is 0. The van der Waals surface area contributed by atoms with E-state index in [9.17, 15) is 8.42 Å². The van der Waals surface area contributed by atoms with E-state index in [0.717, 1.165) is 11.1 Å². The Morgan fingerprint density at radius 2 is 1.67 bits per heavy atom. The van der Waals surface area contributed by atoms with Crippen molar-refractivity contribution < 1.29 is 12.8 Å². The Bertz CT molecular complexity index is 1030. The van der Waals surface area contributed by atoms with Gasteiger partial charge >= 0.3 is 6.01 Å². The largest absolute Gasteiger partial charge is 0.403 e. The molecular weight excluding hydrogens is 364 g/mol. The number of sulfonamides is 1. The number of anilines is 1. The second-order valence-electron chi connectivity index (χ2n) is 6.46. The molecule has 1 aliphatic heterocycles. The predicted molar refractivity (Wildman–Crippen MR) is 102 cm³/mol. The third kappa shape index (κ3) is 3.58. The molecule has 0 bridgehead atoms. The van der Waals surface area contributed by atoms with Gasteiger partial charge in [-0.05, 0) is 36.8 Å². The van der Waals surface area contributed by atoms with Gasteiger partial charge in [-0.25, -0.2) is 8.42 Å². The number of aromatic nitrogens is 2. The lowest BCUT2D eigenvalue weighted by molar-refractivity contribution is 0.372. The van der Waals surface area contributed by atoms with Crippen LogP contribution < -0.4 is 4.90 Å². The zero-order valence-electron chi connectivity index (χ0n) is 14.9. The molecule has 7 nitrogen and oxygen atoms in total. The van der Waals surface area contributed by atoms with Crippen LogP contribution in [-0.2, 0) is 10.0 Å². The highest BCUT2D eigenvalue weighted by molar-refractivity contribution is 7.89. The quantitative estimate of drug-likeness (QED) is 0.688. The second kappa shape index (κ2) is 7.13. The SMILES string of the molecule is Cc1cccc(S(=O)(=O)N2CCN(c3nnc(-c4ccccc4)o3)CC2)c1. The number of aryl methyl sites for hydroxylation is 1. The van der Waals surface area contributed by atoms with Gasteiger partial charge in [-0.1, -0.05) is 35.4 Å². The van der Waals surface area contributed by atoms with E-state index >= 15 is 0 Å². The van der Waals surface area contributed by atoms with Crippen LogP contribution in [0.4, 0.5) is 6.01 Å². The molecule has 0 unspecified atom stereocenters. The van der Waals surface area contributed by atoms with Crippen LogP contribution in [0.3, 0.4) is 0 Å². The Morgan fingerprint density at radius 1 is 0.926 bits per heavy atom. The summed E-state index contributed by atoms with van der Waals surface area (Å²) in [4.78, 5) is 2.25. The first-order valence-corrected chi connectivity index (χ1v) is 10.2. The second-order valence-corrected chi connectivity index (χ2v) is 8.40. The van der Waals surface area contributed by atoms with Crippen molar-refractivity contribution in [1.82, 2.24) is 14.5 Å². The third-order valence-electron chi connectivity index (χ3n) is 4.57. The molecule has 4 rings (SSSR count). The number of hydrogen-bond acceptors (Lipinski definition) is 6. The highest BCUT2D eigenvalue weighted by atomic mass is 32.2. The number of piperazine rings is 1. The molecule has 27 heavy (non-hydrogen) atoms. The molecule has 2 aromatic carbocycles. The minimum atomic E-state index is -3.49. The van der Waals surface area contributed by atoms with Crippen molar-refractivity contribution in [1.29, 1.82) is 0 Å². The minimum Gasteiger partial charge on any atom is -0.403 e. The Morgan fingerprint density at radius 3 is 2.37 bits per heavy atom. The molecule has 0 aliphatic carbocycles. The van der Waals surface area contributed by atoms with E-state index in [1.807, 2.05) is 48.2 Å². The standard InChI is InChI=1S/C19H20N4O3S/c1-15-6-5-9-17(14-15)27(24,25)23-12-10-22(11-13-23)19-21-20-18(26-19)16-7-3-2-4-8-16/h2-9,14H,10-13H2,1H3. The average Bonchev–Trinajstić information content (AvgIpc) is 3.19. The van der Waals surface area contributed by atoms with Crippen LogP contribution in [0.2, 0.25) is 0 Å². The molecule has 1 aliphatic rings. The average molecular weight is 384 g/mol. The molecule has 0 atom stereocenters. The summed E-state index contributed by atoms with van der Waals surface area (Å²) < 4.78 is 32.9. The lowest BCUT2D eigenvalue weighted by atomic mass is 10.2. The number of benzene rings is 2. The van der Waals surface area contributed by atoms with Crippen LogP contribution in [0.1, 0.15) is 5.56 Å². The lowest BCUT2D eigenvalue weighted by Crippen LogP contribution is -2.48. The van der Waals surface area contributed by atoms with Gasteiger partial charge in [-0.2, -0.15) is 4.31 Å². The summed E-state index contributed by atoms with van der Waals surface area (Å²) in [5, 5.41) is 8.21. The summed E-state index contributed by atoms with van der Waals surface area (Å²) in [6, 6.07) is 17.0. The molecule has 2 heterocycles. The molecular formula is C19H20N4O3S. The van der Waals surface area contributed by atoms with Crippen LogP contribution in [0.25, 0.3) is 11.5 Å². The molecule has 140 valence electrons. The van der Waals surface area contributed by atoms with E-state index in [1.54, 1.807) is 18.2 Å². The van der Waals surface area contributed by atoms with E-state index in [4.69, 9.17) is 4.42 Å². The molecule has 3 aromatic rings. The topological polar surface area (TPSA) is 79.5 Å². The Kier molecular flexibility index (Phi) is 4.67. The first kappa shape index (κ1) is 17.7. The van der Waals surface area contributed by atoms with Crippen LogP contribution in [0.5, 0.6) is 0 Å². The Labute approximate surface area is 158 Å². The van der Waals surface area contributed by atoms with Gasteiger partial charge in [0, 0.05) is 31.7 Å². The maximum absolute atomic E-state index is 12.8. The van der Waals surface area contributed by atoms with Gasteiger partial charge in [-0.15, -0.1) is 5.10 Å². The molecule has 0 radical (unpaired) electrons. The summed E-state index contributed by atoms with van der Waals surface area (Å²) in [7, 11) is -3.49. The monoisotopic (exact) mass is 384 g/mol. The molecule has 0 amide bonds. The van der Waals surface area contributed by atoms with Crippen molar-refractivity contribution in [3.63, 3.8) is 0 Å². The van der Waals surface area contributed by atoms with Gasteiger partial charge in [0.15, 0.2) is 0 Å². The maximum Gasteiger partial charge on any atom is 0.318 e. The zero-order valence-corrected chi connectivity index (χ0v) is 15.8. The Balaban J connectivity index is 1.46. The normalized spacial score (nSPS) is 15.8. The van der Waals surface area contributed by atoms with Gasteiger partial charge in [-0.3, -0.25) is 0 Å². The molecule has 1 saturated heterocycles. The highest BCUT2D eigenvalue weighted by Crippen LogP contribution is 2.24. The van der Waals surface area contributed by atoms with Crippen molar-refractivity contribution >= 4 is 16.0 Å². The Hall–Kier alpha value is -2.71. The van der Waals surface area contributed by atoms with Crippen LogP contribution >= 0.6 is 0 Å². The fourth-order valence-electron chi connectivity index (χ4n) is 3.09. The zero-order chi connectivity index (χ0) is 18.9. The molecule has 0 saturated carbocycles. The summed E-state index contributed by atoms with van der Waals surface area (Å²) in [5.41, 5.74) is 1.78. The van der Waals surface area contributed by atoms with Gasteiger partial charge in [0.2, 0.25) is 15.9 Å². The van der Waals surface area contributed by atoms with Crippen LogP contribution in [0, 0.1) is 6.92 Å². The van der Waals surface area contributed by atoms with E-state index in [-0.39, 0.29) is 0 Å². The van der Waals surface area contributed by atoms with Gasteiger partial charge in [0.25, 0.3) is 0 Å². The smallest absolute Gasteiger partial charge is 0.318 e. The fourth-order valence-corrected chi connectivity index (χ4v) is 4.61. The minimum absolute atomic E-state index is 0.333. The fraction of sp³-hybridized carbons (Fsp3) is 0.263. The number of rotatable bonds is 4. The number of hydrogen-bond donors (Lipinski definition) is 0. The summed E-state index contributed by atoms with van der Waals surface area (Å²) in [6.07, 6.45) is 0.